The number of anilines is 1. The third-order valence-electron chi connectivity index (χ3n) is 4.66. The van der Waals surface area contributed by atoms with Crippen LogP contribution in [0.5, 0.6) is 0 Å². The van der Waals surface area contributed by atoms with Gasteiger partial charge in [-0.1, -0.05) is 37.1 Å². The Hall–Kier alpha value is -2.09. The highest BCUT2D eigenvalue weighted by molar-refractivity contribution is 7.99. The molecule has 0 unspecified atom stereocenters. The average Bonchev–Trinajstić information content (AvgIpc) is 2.81. The van der Waals surface area contributed by atoms with E-state index in [1.54, 1.807) is 12.1 Å². The number of fused-ring (bicyclic) bond motifs is 1. The Balaban J connectivity index is 1.98. The summed E-state index contributed by atoms with van der Waals surface area (Å²) in [7, 11) is 0. The number of hydrogen-bond acceptors (Lipinski definition) is 4. The number of benzene rings is 2. The molecule has 2 aromatic carbocycles. The summed E-state index contributed by atoms with van der Waals surface area (Å²) in [5.41, 5.74) is 7.30. The van der Waals surface area contributed by atoms with E-state index in [2.05, 4.69) is 5.32 Å². The van der Waals surface area contributed by atoms with Crippen LogP contribution in [0.1, 0.15) is 35.7 Å². The summed E-state index contributed by atoms with van der Waals surface area (Å²) in [6, 6.07) is 9.17. The van der Waals surface area contributed by atoms with E-state index in [1.165, 1.54) is 28.8 Å². The maximum atomic E-state index is 14.6. The summed E-state index contributed by atoms with van der Waals surface area (Å²) >= 11 is 7.26. The lowest BCUT2D eigenvalue weighted by Gasteiger charge is -2.25. The molecular weight excluding hydrogens is 413 g/mol. The minimum Gasteiger partial charge on any atom is -0.352 e. The van der Waals surface area contributed by atoms with Gasteiger partial charge in [0.05, 0.1) is 23.8 Å². The molecule has 1 heterocycles. The summed E-state index contributed by atoms with van der Waals surface area (Å²) in [6.07, 6.45) is 1.73. The standard InChI is InChI=1S/C21H23ClFN3O2S/c1-2-3-8-25-20(27)15-9-18-19(10-16(15)23)29-12-17(24)21(28)26(18)11-13-4-6-14(22)7-5-13/h4-7,9-10,17H,2-3,8,11-12,24H2,1H3,(H,25,27)/t17-/m0/s1. The van der Waals surface area contributed by atoms with Crippen LogP contribution >= 0.6 is 23.4 Å². The molecule has 0 saturated heterocycles. The van der Waals surface area contributed by atoms with Crippen molar-refractivity contribution >= 4 is 40.9 Å². The van der Waals surface area contributed by atoms with Gasteiger partial charge >= 0.3 is 0 Å². The van der Waals surface area contributed by atoms with Crippen LogP contribution in [0.4, 0.5) is 10.1 Å². The predicted molar refractivity (Wildman–Crippen MR) is 115 cm³/mol. The third-order valence-corrected chi connectivity index (χ3v) is 6.07. The number of carbonyl (C=O) groups is 2. The molecule has 1 aliphatic heterocycles. The van der Waals surface area contributed by atoms with Crippen LogP contribution in [0, 0.1) is 5.82 Å². The molecule has 29 heavy (non-hydrogen) atoms. The lowest BCUT2D eigenvalue weighted by molar-refractivity contribution is -0.119. The van der Waals surface area contributed by atoms with Crippen molar-refractivity contribution in [2.75, 3.05) is 17.2 Å². The van der Waals surface area contributed by atoms with E-state index >= 15 is 0 Å². The van der Waals surface area contributed by atoms with Crippen molar-refractivity contribution in [2.24, 2.45) is 5.73 Å². The molecular formula is C21H23ClFN3O2S. The number of rotatable bonds is 6. The Morgan fingerprint density at radius 1 is 1.34 bits per heavy atom. The van der Waals surface area contributed by atoms with Gasteiger partial charge in [0.25, 0.3) is 5.91 Å². The first-order chi connectivity index (χ1) is 13.9. The number of amides is 2. The number of nitrogens with two attached hydrogens (primary N) is 1. The molecule has 1 aliphatic rings. The van der Waals surface area contributed by atoms with Gasteiger partial charge in [0.2, 0.25) is 5.91 Å². The van der Waals surface area contributed by atoms with Gasteiger partial charge in [0.1, 0.15) is 5.82 Å². The number of halogens is 2. The van der Waals surface area contributed by atoms with Crippen LogP contribution in [0.15, 0.2) is 41.3 Å². The number of carbonyl (C=O) groups excluding carboxylic acids is 2. The molecule has 3 rings (SSSR count). The van der Waals surface area contributed by atoms with Crippen molar-refractivity contribution in [3.63, 3.8) is 0 Å². The zero-order valence-corrected chi connectivity index (χ0v) is 17.7. The first-order valence-electron chi connectivity index (χ1n) is 9.46. The van der Waals surface area contributed by atoms with Crippen molar-refractivity contribution < 1.29 is 14.0 Å². The molecule has 1 atom stereocenters. The molecule has 154 valence electrons. The largest absolute Gasteiger partial charge is 0.352 e. The normalized spacial score (nSPS) is 16.3. The molecule has 5 nitrogen and oxygen atoms in total. The highest BCUT2D eigenvalue weighted by atomic mass is 35.5. The van der Waals surface area contributed by atoms with Crippen molar-refractivity contribution in [2.45, 2.75) is 37.2 Å². The van der Waals surface area contributed by atoms with Gasteiger partial charge in [-0.2, -0.15) is 0 Å². The second-order valence-corrected chi connectivity index (χ2v) is 8.38. The Labute approximate surface area is 178 Å². The summed E-state index contributed by atoms with van der Waals surface area (Å²) in [4.78, 5) is 27.5. The van der Waals surface area contributed by atoms with E-state index in [0.717, 1.165) is 18.4 Å². The molecule has 0 aromatic heterocycles. The lowest BCUT2D eigenvalue weighted by Crippen LogP contribution is -2.44. The van der Waals surface area contributed by atoms with E-state index in [9.17, 15) is 14.0 Å². The molecule has 2 aromatic rings. The fourth-order valence-electron chi connectivity index (χ4n) is 3.02. The van der Waals surface area contributed by atoms with E-state index < -0.39 is 17.8 Å². The van der Waals surface area contributed by atoms with Gasteiger partial charge < -0.3 is 16.0 Å². The van der Waals surface area contributed by atoms with Crippen LogP contribution in [0.3, 0.4) is 0 Å². The van der Waals surface area contributed by atoms with E-state index in [4.69, 9.17) is 17.3 Å². The number of nitrogens with one attached hydrogen (secondary N) is 1. The van der Waals surface area contributed by atoms with Crippen molar-refractivity contribution in [3.05, 3.63) is 58.4 Å². The van der Waals surface area contributed by atoms with Gasteiger partial charge in [-0.15, -0.1) is 11.8 Å². The van der Waals surface area contributed by atoms with Gasteiger partial charge in [-0.3, -0.25) is 9.59 Å². The first kappa shape index (κ1) is 21.6. The lowest BCUT2D eigenvalue weighted by atomic mass is 10.1. The minimum atomic E-state index is -0.718. The Morgan fingerprint density at radius 3 is 2.76 bits per heavy atom. The maximum Gasteiger partial charge on any atom is 0.254 e. The highest BCUT2D eigenvalue weighted by Gasteiger charge is 2.30. The molecule has 0 radical (unpaired) electrons. The summed E-state index contributed by atoms with van der Waals surface area (Å²) in [6.45, 7) is 2.73. The Kier molecular flexibility index (Phi) is 7.16. The maximum absolute atomic E-state index is 14.6. The van der Waals surface area contributed by atoms with Gasteiger partial charge in [0, 0.05) is 22.2 Å². The number of thioether (sulfide) groups is 1. The fourth-order valence-corrected chi connectivity index (χ4v) is 4.15. The Bertz CT molecular complexity index is 908. The molecule has 0 spiro atoms. The highest BCUT2D eigenvalue weighted by Crippen LogP contribution is 2.37. The molecule has 0 bridgehead atoms. The molecule has 0 saturated carbocycles. The topological polar surface area (TPSA) is 75.4 Å². The molecule has 2 amide bonds. The van der Waals surface area contributed by atoms with Crippen molar-refractivity contribution in [3.8, 4) is 0 Å². The third kappa shape index (κ3) is 5.10. The fraction of sp³-hybridized carbons (Fsp3) is 0.333. The van der Waals surface area contributed by atoms with E-state index in [0.29, 0.717) is 27.9 Å². The second-order valence-electron chi connectivity index (χ2n) is 6.88. The zero-order chi connectivity index (χ0) is 21.0. The number of hydrogen-bond donors (Lipinski definition) is 2. The van der Waals surface area contributed by atoms with Crippen molar-refractivity contribution in [1.29, 1.82) is 0 Å². The van der Waals surface area contributed by atoms with Crippen LogP contribution in [-0.2, 0) is 11.3 Å². The predicted octanol–water partition coefficient (Wildman–Crippen LogP) is 3.98. The second kappa shape index (κ2) is 9.61. The summed E-state index contributed by atoms with van der Waals surface area (Å²) in [5.74, 6) is -1.03. The zero-order valence-electron chi connectivity index (χ0n) is 16.1. The quantitative estimate of drug-likeness (QED) is 0.673. The van der Waals surface area contributed by atoms with Gasteiger partial charge in [0.15, 0.2) is 0 Å². The number of nitrogens with zero attached hydrogens (tertiary/aromatic N) is 1. The molecule has 0 aliphatic carbocycles. The average molecular weight is 436 g/mol. The van der Waals surface area contributed by atoms with E-state index in [-0.39, 0.29) is 18.0 Å². The van der Waals surface area contributed by atoms with Crippen LogP contribution in [-0.4, -0.2) is 30.2 Å². The summed E-state index contributed by atoms with van der Waals surface area (Å²) < 4.78 is 14.6. The molecule has 3 N–H and O–H groups in total. The minimum absolute atomic E-state index is 0.0789. The SMILES string of the molecule is CCCCNC(=O)c1cc2c(cc1F)SC[C@H](N)C(=O)N2Cc1ccc(Cl)cc1. The van der Waals surface area contributed by atoms with Crippen LogP contribution < -0.4 is 16.0 Å². The Morgan fingerprint density at radius 2 is 2.07 bits per heavy atom. The molecule has 0 fully saturated rings. The first-order valence-corrected chi connectivity index (χ1v) is 10.8. The molecule has 8 heteroatoms. The smallest absolute Gasteiger partial charge is 0.254 e. The monoisotopic (exact) mass is 435 g/mol. The van der Waals surface area contributed by atoms with Gasteiger partial charge in [-0.05, 0) is 36.2 Å². The van der Waals surface area contributed by atoms with Crippen LogP contribution in [0.25, 0.3) is 0 Å². The number of unbranched alkanes of at least 4 members (excludes halogenated alkanes) is 1. The van der Waals surface area contributed by atoms with Crippen molar-refractivity contribution in [1.82, 2.24) is 5.32 Å². The van der Waals surface area contributed by atoms with Gasteiger partial charge in [-0.25, -0.2) is 4.39 Å². The summed E-state index contributed by atoms with van der Waals surface area (Å²) in [5, 5.41) is 3.32. The van der Waals surface area contributed by atoms with Crippen LogP contribution in [0.2, 0.25) is 5.02 Å². The van der Waals surface area contributed by atoms with E-state index in [1.807, 2.05) is 19.1 Å².